The van der Waals surface area contributed by atoms with Crippen LogP contribution in [-0.2, 0) is 4.79 Å². The molecule has 1 aromatic carbocycles. The Labute approximate surface area is 173 Å². The molecule has 8 nitrogen and oxygen atoms in total. The minimum atomic E-state index is -0.390. The maximum atomic E-state index is 13.0. The second-order valence-electron chi connectivity index (χ2n) is 6.73. The number of carbonyl (C=O) groups excluding carboxylic acids is 1. The van der Waals surface area contributed by atoms with Crippen LogP contribution in [0, 0.1) is 5.92 Å². The van der Waals surface area contributed by atoms with Crippen molar-refractivity contribution in [2.45, 2.75) is 31.0 Å². The van der Waals surface area contributed by atoms with Crippen LogP contribution in [0.25, 0.3) is 0 Å². The highest BCUT2D eigenvalue weighted by atomic mass is 32.2. The summed E-state index contributed by atoms with van der Waals surface area (Å²) in [6.07, 6.45) is 3.30. The van der Waals surface area contributed by atoms with Crippen molar-refractivity contribution >= 4 is 23.5 Å². The smallest absolute Gasteiger partial charge is 0.227 e. The van der Waals surface area contributed by atoms with Crippen LogP contribution in [0.5, 0.6) is 17.2 Å². The zero-order valence-corrected chi connectivity index (χ0v) is 17.7. The number of benzene rings is 1. The second-order valence-corrected chi connectivity index (χ2v) is 7.96. The van der Waals surface area contributed by atoms with Crippen molar-refractivity contribution in [1.82, 2.24) is 14.8 Å². The van der Waals surface area contributed by atoms with E-state index in [0.29, 0.717) is 34.8 Å². The molecule has 0 amide bonds. The summed E-state index contributed by atoms with van der Waals surface area (Å²) >= 11 is 1.56. The summed E-state index contributed by atoms with van der Waals surface area (Å²) in [5.74, 6) is 2.85. The van der Waals surface area contributed by atoms with Gasteiger partial charge in [0.2, 0.25) is 16.9 Å². The highest BCUT2D eigenvalue weighted by molar-refractivity contribution is 7.99. The van der Waals surface area contributed by atoms with Crippen LogP contribution in [-0.4, -0.2) is 47.6 Å². The van der Waals surface area contributed by atoms with Crippen LogP contribution in [0.3, 0.4) is 0 Å². The number of hydrogen-bond donors (Lipinski definition) is 1. The van der Waals surface area contributed by atoms with Crippen LogP contribution in [0.4, 0.5) is 5.95 Å². The number of nitrogens with one attached hydrogen (secondary N) is 1. The molecule has 0 spiro atoms. The van der Waals surface area contributed by atoms with Gasteiger partial charge in [-0.1, -0.05) is 24.8 Å². The van der Waals surface area contributed by atoms with Crippen LogP contribution >= 0.6 is 11.8 Å². The predicted molar refractivity (Wildman–Crippen MR) is 110 cm³/mol. The van der Waals surface area contributed by atoms with Crippen molar-refractivity contribution in [2.24, 2.45) is 5.92 Å². The Balaban J connectivity index is 1.94. The van der Waals surface area contributed by atoms with Crippen molar-refractivity contribution in [3.8, 4) is 17.2 Å². The lowest BCUT2D eigenvalue weighted by Crippen LogP contribution is -2.39. The van der Waals surface area contributed by atoms with E-state index < -0.39 is 6.04 Å². The zero-order chi connectivity index (χ0) is 20.5. The Morgan fingerprint density at radius 1 is 1.21 bits per heavy atom. The highest BCUT2D eigenvalue weighted by Crippen LogP contribution is 2.49. The van der Waals surface area contributed by atoms with Crippen molar-refractivity contribution in [2.75, 3.05) is 32.4 Å². The molecule has 4 rings (SSSR count). The Hall–Kier alpha value is -2.68. The molecule has 1 N–H and O–H groups in total. The number of allylic oxidation sites excluding steroid dienone is 2. The molecule has 2 heterocycles. The molecule has 29 heavy (non-hydrogen) atoms. The number of hydrogen-bond acceptors (Lipinski definition) is 8. The normalized spacial score (nSPS) is 20.3. The number of aromatic nitrogens is 3. The zero-order valence-electron chi connectivity index (χ0n) is 16.9. The number of nitrogens with zero attached hydrogens (tertiary/aromatic N) is 3. The fourth-order valence-corrected chi connectivity index (χ4v) is 4.57. The predicted octanol–water partition coefficient (Wildman–Crippen LogP) is 3.29. The van der Waals surface area contributed by atoms with Gasteiger partial charge in [-0.3, -0.25) is 4.79 Å². The number of methoxy groups -OCH3 is 3. The van der Waals surface area contributed by atoms with Gasteiger partial charge in [-0.05, 0) is 24.3 Å². The highest BCUT2D eigenvalue weighted by Gasteiger charge is 2.43. The fraction of sp³-hybridized carbons (Fsp3) is 0.450. The number of ether oxygens (including phenoxy) is 3. The van der Waals surface area contributed by atoms with Crippen molar-refractivity contribution in [3.63, 3.8) is 0 Å². The molecule has 154 valence electrons. The molecular weight excluding hydrogens is 392 g/mol. The lowest BCUT2D eigenvalue weighted by molar-refractivity contribution is -0.123. The first-order valence-electron chi connectivity index (χ1n) is 9.50. The van der Waals surface area contributed by atoms with Crippen LogP contribution in [0.2, 0.25) is 0 Å². The average molecular weight is 417 g/mol. The van der Waals surface area contributed by atoms with E-state index in [-0.39, 0.29) is 11.7 Å². The van der Waals surface area contributed by atoms with Gasteiger partial charge in [0.1, 0.15) is 5.78 Å². The van der Waals surface area contributed by atoms with E-state index in [2.05, 4.69) is 23.3 Å². The standard InChI is InChI=1S/C20H24N4O4S/c1-5-29-20-22-19-21-12-7-6-8-13(25)15(12)16(24(19)23-20)11-9-10-14(26-2)18(28-4)17(11)27-3/h7,9-10,15-16H,5-6,8H2,1-4H3,(H,21,22,23)/t15-,16-/m1/s1. The Morgan fingerprint density at radius 2 is 2.00 bits per heavy atom. The number of fused-ring (bicyclic) bond motifs is 2. The van der Waals surface area contributed by atoms with E-state index in [1.165, 1.54) is 0 Å². The van der Waals surface area contributed by atoms with Gasteiger partial charge in [0.15, 0.2) is 11.5 Å². The number of ketones is 1. The third-order valence-corrected chi connectivity index (χ3v) is 5.93. The molecule has 0 fully saturated rings. The first-order chi connectivity index (χ1) is 14.1. The Morgan fingerprint density at radius 3 is 2.69 bits per heavy atom. The molecule has 2 aromatic rings. The number of carbonyl (C=O) groups is 1. The number of rotatable bonds is 6. The van der Waals surface area contributed by atoms with Gasteiger partial charge in [-0.2, -0.15) is 4.98 Å². The summed E-state index contributed by atoms with van der Waals surface area (Å²) < 4.78 is 18.5. The van der Waals surface area contributed by atoms with Gasteiger partial charge in [-0.15, -0.1) is 5.10 Å². The summed E-state index contributed by atoms with van der Waals surface area (Å²) in [7, 11) is 4.74. The molecule has 0 unspecified atom stereocenters. The monoisotopic (exact) mass is 416 g/mol. The van der Waals surface area contributed by atoms with Crippen LogP contribution in [0.1, 0.15) is 31.4 Å². The fourth-order valence-electron chi connectivity index (χ4n) is 4.01. The molecule has 0 saturated heterocycles. The molecule has 0 bridgehead atoms. The third-order valence-electron chi connectivity index (χ3n) is 5.21. The molecule has 2 atom stereocenters. The van der Waals surface area contributed by atoms with E-state index in [1.54, 1.807) is 37.8 Å². The number of anilines is 1. The van der Waals surface area contributed by atoms with E-state index in [9.17, 15) is 4.79 Å². The minimum Gasteiger partial charge on any atom is -0.493 e. The third kappa shape index (κ3) is 3.23. The first-order valence-corrected chi connectivity index (χ1v) is 10.5. The second kappa shape index (κ2) is 7.98. The summed E-state index contributed by atoms with van der Waals surface area (Å²) in [6.45, 7) is 2.05. The van der Waals surface area contributed by atoms with E-state index in [1.807, 2.05) is 12.1 Å². The summed E-state index contributed by atoms with van der Waals surface area (Å²) in [4.78, 5) is 17.6. The average Bonchev–Trinajstić information content (AvgIpc) is 3.13. The molecule has 2 aliphatic rings. The van der Waals surface area contributed by atoms with Gasteiger partial charge < -0.3 is 19.5 Å². The van der Waals surface area contributed by atoms with E-state index >= 15 is 0 Å². The van der Waals surface area contributed by atoms with Gasteiger partial charge in [0, 0.05) is 17.7 Å². The van der Waals surface area contributed by atoms with Gasteiger partial charge in [0.05, 0.1) is 33.3 Å². The van der Waals surface area contributed by atoms with E-state index in [0.717, 1.165) is 23.4 Å². The van der Waals surface area contributed by atoms with Crippen molar-refractivity contribution in [1.29, 1.82) is 0 Å². The lowest BCUT2D eigenvalue weighted by Gasteiger charge is -2.36. The molecule has 1 aromatic heterocycles. The molecule has 0 saturated carbocycles. The Kier molecular flexibility index (Phi) is 5.40. The summed E-state index contributed by atoms with van der Waals surface area (Å²) in [5.41, 5.74) is 1.67. The maximum Gasteiger partial charge on any atom is 0.227 e. The molecule has 1 aliphatic carbocycles. The lowest BCUT2D eigenvalue weighted by atomic mass is 9.80. The maximum absolute atomic E-state index is 13.0. The van der Waals surface area contributed by atoms with Gasteiger partial charge >= 0.3 is 0 Å². The summed E-state index contributed by atoms with van der Waals surface area (Å²) in [6, 6.07) is 3.35. The van der Waals surface area contributed by atoms with Crippen LogP contribution < -0.4 is 19.5 Å². The Bertz CT molecular complexity index is 972. The topological polar surface area (TPSA) is 87.5 Å². The van der Waals surface area contributed by atoms with Gasteiger partial charge in [0.25, 0.3) is 0 Å². The van der Waals surface area contributed by atoms with E-state index in [4.69, 9.17) is 19.3 Å². The summed E-state index contributed by atoms with van der Waals surface area (Å²) in [5, 5.41) is 8.68. The molecule has 0 radical (unpaired) electrons. The van der Waals surface area contributed by atoms with Crippen LogP contribution in [0.15, 0.2) is 29.1 Å². The number of thioether (sulfide) groups is 1. The quantitative estimate of drug-likeness (QED) is 0.718. The SMILES string of the molecule is CCSc1nc2n(n1)[C@H](c1ccc(OC)c(OC)c1OC)[C@H]1C(=O)CCC=C1N2. The first kappa shape index (κ1) is 19.6. The molecule has 9 heteroatoms. The molecular formula is C20H24N4O4S. The van der Waals surface area contributed by atoms with Crippen molar-refractivity contribution in [3.05, 3.63) is 29.5 Å². The molecule has 1 aliphatic heterocycles. The van der Waals surface area contributed by atoms with Crippen molar-refractivity contribution < 1.29 is 19.0 Å². The largest absolute Gasteiger partial charge is 0.493 e. The minimum absolute atomic E-state index is 0.169. The number of Topliss-reactive ketones (excluding diaryl/α,β-unsaturated/α-hetero) is 1. The van der Waals surface area contributed by atoms with Gasteiger partial charge in [-0.25, -0.2) is 4.68 Å².